The van der Waals surface area contributed by atoms with Crippen LogP contribution in [-0.4, -0.2) is 22.6 Å². The molecule has 0 aromatic carbocycles. The number of nitrogens with zero attached hydrogens (tertiary/aromatic N) is 1. The van der Waals surface area contributed by atoms with E-state index >= 15 is 0 Å². The lowest BCUT2D eigenvalue weighted by atomic mass is 9.85. The lowest BCUT2D eigenvalue weighted by molar-refractivity contribution is -0.150. The maximum absolute atomic E-state index is 12.4. The third-order valence-corrected chi connectivity index (χ3v) is 6.75. The molecule has 1 heterocycles. The molecule has 0 aromatic heterocycles. The van der Waals surface area contributed by atoms with Gasteiger partial charge in [-0.1, -0.05) is 109 Å². The molecule has 1 fully saturated rings. The van der Waals surface area contributed by atoms with E-state index in [-0.39, 0.29) is 29.6 Å². The van der Waals surface area contributed by atoms with Crippen molar-refractivity contribution in [3.05, 3.63) is 12.2 Å². The van der Waals surface area contributed by atoms with Crippen molar-refractivity contribution in [2.45, 2.75) is 122 Å². The van der Waals surface area contributed by atoms with Crippen LogP contribution < -0.4 is 0 Å². The van der Waals surface area contributed by atoms with Gasteiger partial charge in [0.1, 0.15) is 0 Å². The molecule has 1 aliphatic carbocycles. The average molecular weight is 418 g/mol. The van der Waals surface area contributed by atoms with Gasteiger partial charge < -0.3 is 0 Å². The zero-order valence-corrected chi connectivity index (χ0v) is 19.2. The van der Waals surface area contributed by atoms with Crippen molar-refractivity contribution >= 4 is 17.7 Å². The van der Waals surface area contributed by atoms with Crippen molar-refractivity contribution in [2.24, 2.45) is 11.8 Å². The van der Waals surface area contributed by atoms with Gasteiger partial charge in [-0.05, 0) is 19.3 Å². The van der Waals surface area contributed by atoms with Crippen molar-refractivity contribution in [3.8, 4) is 0 Å². The van der Waals surface area contributed by atoms with Crippen LogP contribution in [0.15, 0.2) is 12.2 Å². The molecule has 1 aliphatic heterocycles. The molecule has 170 valence electrons. The van der Waals surface area contributed by atoms with Crippen LogP contribution >= 0.6 is 0 Å². The first-order chi connectivity index (χ1) is 14.7. The Balaban J connectivity index is 1.42. The summed E-state index contributed by atoms with van der Waals surface area (Å²) >= 11 is 0. The third-order valence-electron chi connectivity index (χ3n) is 6.75. The van der Waals surface area contributed by atoms with Gasteiger partial charge in [0.2, 0.25) is 17.7 Å². The quantitative estimate of drug-likeness (QED) is 0.159. The minimum absolute atomic E-state index is 0.264. The van der Waals surface area contributed by atoms with Crippen LogP contribution in [0.3, 0.4) is 0 Å². The molecule has 2 unspecified atom stereocenters. The molecule has 4 nitrogen and oxygen atoms in total. The molecule has 2 atom stereocenters. The number of rotatable bonds is 16. The molecule has 3 amide bonds. The van der Waals surface area contributed by atoms with Gasteiger partial charge in [0.15, 0.2) is 0 Å². The second-order valence-corrected chi connectivity index (χ2v) is 9.26. The lowest BCUT2D eigenvalue weighted by Crippen LogP contribution is -2.37. The number of likely N-dealkylation sites (tertiary alicyclic amines) is 1. The molecule has 1 saturated heterocycles. The fourth-order valence-corrected chi connectivity index (χ4v) is 4.81. The van der Waals surface area contributed by atoms with Crippen molar-refractivity contribution in [1.29, 1.82) is 0 Å². The fraction of sp³-hybridized carbons (Fsp3) is 0.808. The SMILES string of the molecule is CCCCCCCCCCCCCCCCCC(=O)N1C(=O)C2CC=CCC2C1=O. The summed E-state index contributed by atoms with van der Waals surface area (Å²) in [4.78, 5) is 38.2. The highest BCUT2D eigenvalue weighted by molar-refractivity contribution is 6.17. The largest absolute Gasteiger partial charge is 0.274 e. The van der Waals surface area contributed by atoms with E-state index in [1.807, 2.05) is 12.2 Å². The predicted molar refractivity (Wildman–Crippen MR) is 122 cm³/mol. The van der Waals surface area contributed by atoms with Gasteiger partial charge in [0.25, 0.3) is 0 Å². The Morgan fingerprint density at radius 3 is 1.47 bits per heavy atom. The summed E-state index contributed by atoms with van der Waals surface area (Å²) in [6, 6.07) is 0. The van der Waals surface area contributed by atoms with Crippen LogP contribution in [0.25, 0.3) is 0 Å². The van der Waals surface area contributed by atoms with E-state index in [9.17, 15) is 14.4 Å². The van der Waals surface area contributed by atoms with Crippen LogP contribution in [0.4, 0.5) is 0 Å². The molecule has 4 heteroatoms. The van der Waals surface area contributed by atoms with Crippen LogP contribution in [0.2, 0.25) is 0 Å². The van der Waals surface area contributed by atoms with Crippen molar-refractivity contribution in [3.63, 3.8) is 0 Å². The first kappa shape index (κ1) is 24.8. The smallest absolute Gasteiger partial charge is 0.240 e. The number of allylic oxidation sites excluding steroid dienone is 2. The first-order valence-electron chi connectivity index (χ1n) is 12.7. The standard InChI is InChI=1S/C26H43NO3/c1-2-3-4-5-6-7-8-9-10-11-12-13-14-15-16-21-24(28)27-25(29)22-19-17-18-20-23(22)26(27)30/h17-18,22-23H,2-16,19-21H2,1H3. The number of unbranched alkanes of at least 4 members (excludes halogenated alkanes) is 14. The molecule has 2 rings (SSSR count). The second-order valence-electron chi connectivity index (χ2n) is 9.26. The maximum Gasteiger partial charge on any atom is 0.240 e. The monoisotopic (exact) mass is 417 g/mol. The second kappa shape index (κ2) is 14.5. The van der Waals surface area contributed by atoms with Gasteiger partial charge in [-0.15, -0.1) is 0 Å². The topological polar surface area (TPSA) is 54.5 Å². The zero-order chi connectivity index (χ0) is 21.6. The Bertz CT molecular complexity index is 543. The Morgan fingerprint density at radius 1 is 0.700 bits per heavy atom. The number of carbonyl (C=O) groups excluding carboxylic acids is 3. The third kappa shape index (κ3) is 8.00. The molecular weight excluding hydrogens is 374 g/mol. The highest BCUT2D eigenvalue weighted by atomic mass is 16.2. The van der Waals surface area contributed by atoms with E-state index in [1.165, 1.54) is 77.0 Å². The number of imide groups is 3. The van der Waals surface area contributed by atoms with Crippen LogP contribution in [-0.2, 0) is 14.4 Å². The molecular formula is C26H43NO3. The zero-order valence-electron chi connectivity index (χ0n) is 19.2. The Morgan fingerprint density at radius 2 is 1.07 bits per heavy atom. The molecule has 0 bridgehead atoms. The molecule has 30 heavy (non-hydrogen) atoms. The highest BCUT2D eigenvalue weighted by Gasteiger charge is 2.49. The summed E-state index contributed by atoms with van der Waals surface area (Å²) in [5.41, 5.74) is 0. The van der Waals surface area contributed by atoms with Crippen molar-refractivity contribution in [2.75, 3.05) is 0 Å². The Kier molecular flexibility index (Phi) is 12.0. The summed E-state index contributed by atoms with van der Waals surface area (Å²) in [5.74, 6) is -1.41. The van der Waals surface area contributed by atoms with E-state index in [1.54, 1.807) is 0 Å². The van der Waals surface area contributed by atoms with E-state index in [2.05, 4.69) is 6.92 Å². The number of hydrogen-bond donors (Lipinski definition) is 0. The predicted octanol–water partition coefficient (Wildman–Crippen LogP) is 6.73. The first-order valence-corrected chi connectivity index (χ1v) is 12.7. The highest BCUT2D eigenvalue weighted by Crippen LogP contribution is 2.35. The van der Waals surface area contributed by atoms with Crippen LogP contribution in [0.1, 0.15) is 122 Å². The number of hydrogen-bond acceptors (Lipinski definition) is 3. The van der Waals surface area contributed by atoms with Crippen LogP contribution in [0.5, 0.6) is 0 Å². The summed E-state index contributed by atoms with van der Waals surface area (Å²) in [5, 5.41) is 0. The van der Waals surface area contributed by atoms with Gasteiger partial charge in [-0.25, -0.2) is 4.90 Å². The van der Waals surface area contributed by atoms with Gasteiger partial charge in [0.05, 0.1) is 11.8 Å². The Hall–Kier alpha value is -1.45. The fourth-order valence-electron chi connectivity index (χ4n) is 4.81. The van der Waals surface area contributed by atoms with Crippen molar-refractivity contribution < 1.29 is 14.4 Å². The molecule has 0 radical (unpaired) electrons. The molecule has 0 N–H and O–H groups in total. The van der Waals surface area contributed by atoms with Crippen LogP contribution in [0, 0.1) is 11.8 Å². The summed E-state index contributed by atoms with van der Waals surface area (Å²) in [6.07, 6.45) is 24.6. The van der Waals surface area contributed by atoms with Gasteiger partial charge in [-0.2, -0.15) is 0 Å². The number of amides is 3. The van der Waals surface area contributed by atoms with E-state index in [0.717, 1.165) is 24.2 Å². The average Bonchev–Trinajstić information content (AvgIpc) is 3.01. The van der Waals surface area contributed by atoms with Crippen molar-refractivity contribution in [1.82, 2.24) is 4.90 Å². The lowest BCUT2D eigenvalue weighted by Gasteiger charge is -2.14. The van der Waals surface area contributed by atoms with E-state index in [4.69, 9.17) is 0 Å². The Labute approximate surface area is 183 Å². The summed E-state index contributed by atoms with van der Waals surface area (Å²) < 4.78 is 0. The van der Waals surface area contributed by atoms with Gasteiger partial charge >= 0.3 is 0 Å². The molecule has 0 saturated carbocycles. The van der Waals surface area contributed by atoms with Gasteiger partial charge in [0, 0.05) is 6.42 Å². The molecule has 0 spiro atoms. The summed E-state index contributed by atoms with van der Waals surface area (Å²) in [7, 11) is 0. The number of fused-ring (bicyclic) bond motifs is 1. The normalized spacial score (nSPS) is 20.8. The number of carbonyl (C=O) groups is 3. The molecule has 2 aliphatic rings. The van der Waals surface area contributed by atoms with Gasteiger partial charge in [-0.3, -0.25) is 14.4 Å². The maximum atomic E-state index is 12.4. The minimum atomic E-state index is -0.299. The summed E-state index contributed by atoms with van der Waals surface area (Å²) in [6.45, 7) is 2.27. The van der Waals surface area contributed by atoms with E-state index in [0.29, 0.717) is 19.3 Å². The molecule has 0 aromatic rings. The van der Waals surface area contributed by atoms with E-state index < -0.39 is 0 Å². The minimum Gasteiger partial charge on any atom is -0.274 e.